The smallest absolute Gasteiger partial charge is 0.262 e. The van der Waals surface area contributed by atoms with Crippen LogP contribution in [0.1, 0.15) is 28.1 Å². The highest BCUT2D eigenvalue weighted by atomic mass is 32.2. The maximum Gasteiger partial charge on any atom is 0.262 e. The van der Waals surface area contributed by atoms with E-state index in [1.54, 1.807) is 6.07 Å². The number of para-hydroxylation sites is 2. The van der Waals surface area contributed by atoms with Gasteiger partial charge in [-0.15, -0.1) is 0 Å². The van der Waals surface area contributed by atoms with Gasteiger partial charge in [0.15, 0.2) is 0 Å². The van der Waals surface area contributed by atoms with Crippen LogP contribution in [0.5, 0.6) is 0 Å². The first-order valence-electron chi connectivity index (χ1n) is 10.3. The Labute approximate surface area is 183 Å². The summed E-state index contributed by atoms with van der Waals surface area (Å²) in [5, 5.41) is 0. The van der Waals surface area contributed by atoms with Crippen LogP contribution >= 0.6 is 0 Å². The molecule has 4 aromatic rings. The lowest BCUT2D eigenvalue weighted by Gasteiger charge is -2.13. The van der Waals surface area contributed by atoms with Crippen molar-refractivity contribution in [3.8, 4) is 0 Å². The quantitative estimate of drug-likeness (QED) is 0.461. The molecule has 31 heavy (non-hydrogen) atoms. The molecule has 6 heteroatoms. The predicted molar refractivity (Wildman–Crippen MR) is 126 cm³/mol. The van der Waals surface area contributed by atoms with Gasteiger partial charge in [-0.1, -0.05) is 30.3 Å². The third kappa shape index (κ3) is 4.35. The second-order valence-electron chi connectivity index (χ2n) is 8.08. The van der Waals surface area contributed by atoms with Crippen LogP contribution in [-0.4, -0.2) is 18.0 Å². The summed E-state index contributed by atoms with van der Waals surface area (Å²) >= 11 is 0. The molecule has 0 aliphatic rings. The van der Waals surface area contributed by atoms with Crippen LogP contribution in [0.3, 0.4) is 0 Å². The summed E-state index contributed by atoms with van der Waals surface area (Å²) in [7, 11) is -1.60. The highest BCUT2D eigenvalue weighted by Gasteiger charge is 2.18. The summed E-state index contributed by atoms with van der Waals surface area (Å²) in [6.07, 6.45) is 1.65. The number of nitrogens with one attached hydrogen (secondary N) is 1. The van der Waals surface area contributed by atoms with Crippen LogP contribution in [0.15, 0.2) is 65.6 Å². The van der Waals surface area contributed by atoms with Crippen molar-refractivity contribution in [2.24, 2.45) is 7.05 Å². The zero-order chi connectivity index (χ0) is 22.2. The number of imidazole rings is 1. The lowest BCUT2D eigenvalue weighted by atomic mass is 10.1. The van der Waals surface area contributed by atoms with Gasteiger partial charge in [0.1, 0.15) is 5.82 Å². The van der Waals surface area contributed by atoms with E-state index in [-0.39, 0.29) is 0 Å². The number of aromatic nitrogens is 2. The van der Waals surface area contributed by atoms with Gasteiger partial charge < -0.3 is 4.57 Å². The van der Waals surface area contributed by atoms with Crippen molar-refractivity contribution in [1.29, 1.82) is 0 Å². The Bertz CT molecular complexity index is 1350. The third-order valence-corrected chi connectivity index (χ3v) is 7.33. The number of hydrogen-bond acceptors (Lipinski definition) is 3. The molecule has 5 nitrogen and oxygen atoms in total. The van der Waals surface area contributed by atoms with E-state index in [9.17, 15) is 8.42 Å². The van der Waals surface area contributed by atoms with Crippen LogP contribution in [0.4, 0.5) is 5.69 Å². The molecule has 0 fully saturated rings. The summed E-state index contributed by atoms with van der Waals surface area (Å²) in [5.41, 5.74) is 6.62. The summed E-state index contributed by atoms with van der Waals surface area (Å²) < 4.78 is 30.6. The number of nitrogens with zero attached hydrogens (tertiary/aromatic N) is 2. The Morgan fingerprint density at radius 3 is 2.26 bits per heavy atom. The minimum atomic E-state index is -3.64. The van der Waals surface area contributed by atoms with E-state index in [0.717, 1.165) is 52.0 Å². The van der Waals surface area contributed by atoms with Gasteiger partial charge in [-0.2, -0.15) is 0 Å². The van der Waals surface area contributed by atoms with Crippen LogP contribution in [0, 0.1) is 20.8 Å². The number of rotatable bonds is 6. The number of benzene rings is 3. The van der Waals surface area contributed by atoms with E-state index in [1.807, 2.05) is 76.3 Å². The van der Waals surface area contributed by atoms with E-state index in [1.165, 1.54) is 0 Å². The van der Waals surface area contributed by atoms with Crippen LogP contribution in [0.25, 0.3) is 11.0 Å². The second-order valence-corrected chi connectivity index (χ2v) is 9.73. The average Bonchev–Trinajstić information content (AvgIpc) is 3.06. The minimum Gasteiger partial charge on any atom is -0.331 e. The van der Waals surface area contributed by atoms with Gasteiger partial charge in [-0.05, 0) is 79.8 Å². The summed E-state index contributed by atoms with van der Waals surface area (Å²) in [6.45, 7) is 5.73. The lowest BCUT2D eigenvalue weighted by Crippen LogP contribution is -2.14. The molecule has 4 rings (SSSR count). The monoisotopic (exact) mass is 433 g/mol. The SMILES string of the molecule is Cc1cc(C)c(S(=O)(=O)Nc2ccc(CCc3nc4ccccc4n3C)cc2)cc1C. The highest BCUT2D eigenvalue weighted by Crippen LogP contribution is 2.23. The van der Waals surface area contributed by atoms with Gasteiger partial charge in [0.25, 0.3) is 10.0 Å². The summed E-state index contributed by atoms with van der Waals surface area (Å²) in [5.74, 6) is 1.04. The zero-order valence-corrected chi connectivity index (χ0v) is 19.1. The molecule has 1 aromatic heterocycles. The van der Waals surface area contributed by atoms with Gasteiger partial charge in [0.2, 0.25) is 0 Å². The topological polar surface area (TPSA) is 64.0 Å². The molecular weight excluding hydrogens is 406 g/mol. The van der Waals surface area contributed by atoms with E-state index in [2.05, 4.69) is 15.4 Å². The second kappa shape index (κ2) is 8.19. The summed E-state index contributed by atoms with van der Waals surface area (Å²) in [4.78, 5) is 5.04. The Morgan fingerprint density at radius 1 is 0.871 bits per heavy atom. The first kappa shape index (κ1) is 21.1. The Hall–Kier alpha value is -3.12. The molecular formula is C25H27N3O2S. The van der Waals surface area contributed by atoms with Crippen molar-refractivity contribution in [2.75, 3.05) is 4.72 Å². The molecule has 0 atom stereocenters. The molecule has 0 aliphatic heterocycles. The fourth-order valence-corrected chi connectivity index (χ4v) is 5.22. The molecule has 0 radical (unpaired) electrons. The van der Waals surface area contributed by atoms with Gasteiger partial charge in [0.05, 0.1) is 15.9 Å². The van der Waals surface area contributed by atoms with Gasteiger partial charge >= 0.3 is 0 Å². The van der Waals surface area contributed by atoms with Crippen molar-refractivity contribution < 1.29 is 8.42 Å². The maximum atomic E-state index is 12.9. The van der Waals surface area contributed by atoms with Crippen LogP contribution in [0.2, 0.25) is 0 Å². The first-order valence-corrected chi connectivity index (χ1v) is 11.8. The third-order valence-electron chi connectivity index (χ3n) is 5.80. The van der Waals surface area contributed by atoms with Crippen molar-refractivity contribution in [2.45, 2.75) is 38.5 Å². The molecule has 0 aliphatic carbocycles. The molecule has 1 heterocycles. The van der Waals surface area contributed by atoms with E-state index >= 15 is 0 Å². The molecule has 0 unspecified atom stereocenters. The summed E-state index contributed by atoms with van der Waals surface area (Å²) in [6, 6.07) is 19.3. The fourth-order valence-electron chi connectivity index (χ4n) is 3.85. The normalized spacial score (nSPS) is 11.7. The van der Waals surface area contributed by atoms with E-state index in [4.69, 9.17) is 4.98 Å². The largest absolute Gasteiger partial charge is 0.331 e. The van der Waals surface area contributed by atoms with Crippen LogP contribution < -0.4 is 4.72 Å². The average molecular weight is 434 g/mol. The van der Waals surface area contributed by atoms with Gasteiger partial charge in [-0.3, -0.25) is 4.72 Å². The molecule has 0 bridgehead atoms. The van der Waals surface area contributed by atoms with Crippen molar-refractivity contribution in [1.82, 2.24) is 9.55 Å². The molecule has 0 saturated heterocycles. The number of sulfonamides is 1. The lowest BCUT2D eigenvalue weighted by molar-refractivity contribution is 0.600. The first-order chi connectivity index (χ1) is 14.7. The van der Waals surface area contributed by atoms with Crippen molar-refractivity contribution in [3.05, 3.63) is 88.7 Å². The molecule has 1 N–H and O–H groups in total. The van der Waals surface area contributed by atoms with Crippen LogP contribution in [-0.2, 0) is 29.9 Å². The Balaban J connectivity index is 1.47. The Morgan fingerprint density at radius 2 is 1.55 bits per heavy atom. The van der Waals surface area contributed by atoms with E-state index < -0.39 is 10.0 Å². The van der Waals surface area contributed by atoms with Gasteiger partial charge in [-0.25, -0.2) is 13.4 Å². The number of hydrogen-bond donors (Lipinski definition) is 1. The molecule has 0 amide bonds. The van der Waals surface area contributed by atoms with Crippen molar-refractivity contribution >= 4 is 26.7 Å². The number of anilines is 1. The molecule has 3 aromatic carbocycles. The molecule has 0 saturated carbocycles. The van der Waals surface area contributed by atoms with Crippen molar-refractivity contribution in [3.63, 3.8) is 0 Å². The Kier molecular flexibility index (Phi) is 5.58. The fraction of sp³-hybridized carbons (Fsp3) is 0.240. The highest BCUT2D eigenvalue weighted by molar-refractivity contribution is 7.92. The predicted octanol–water partition coefficient (Wildman–Crippen LogP) is 5.08. The number of aryl methyl sites for hydroxylation is 6. The number of fused-ring (bicyclic) bond motifs is 1. The van der Waals surface area contributed by atoms with E-state index in [0.29, 0.717) is 10.6 Å². The molecule has 0 spiro atoms. The minimum absolute atomic E-state index is 0.321. The van der Waals surface area contributed by atoms with Gasteiger partial charge in [0, 0.05) is 19.2 Å². The maximum absolute atomic E-state index is 12.9. The standard InChI is InChI=1S/C25H27N3O2S/c1-17-15-19(3)24(16-18(17)2)31(29,30)27-21-12-9-20(10-13-21)11-14-25-26-22-7-5-6-8-23(22)28(25)4/h5-10,12-13,15-16,27H,11,14H2,1-4H3. The zero-order valence-electron chi connectivity index (χ0n) is 18.3. The molecule has 160 valence electrons.